The molecule has 3 rings (SSSR count). The van der Waals surface area contributed by atoms with E-state index in [1.165, 1.54) is 49.8 Å². The van der Waals surface area contributed by atoms with Crippen molar-refractivity contribution >= 4 is 11.6 Å². The SMILES string of the molecule is Clc1ccc2c(c1)CCC(C1CCCN1)C2. The fourth-order valence-corrected chi connectivity index (χ4v) is 3.40. The molecule has 1 saturated heterocycles. The van der Waals surface area contributed by atoms with E-state index in [2.05, 4.69) is 17.4 Å². The molecule has 86 valence electrons. The van der Waals surface area contributed by atoms with Crippen molar-refractivity contribution in [1.29, 1.82) is 0 Å². The summed E-state index contributed by atoms with van der Waals surface area (Å²) >= 11 is 6.03. The first-order valence-electron chi connectivity index (χ1n) is 6.33. The Balaban J connectivity index is 1.78. The first kappa shape index (κ1) is 10.6. The van der Waals surface area contributed by atoms with Crippen LogP contribution in [0.1, 0.15) is 30.4 Å². The molecule has 0 spiro atoms. The third-order valence-corrected chi connectivity index (χ3v) is 4.34. The van der Waals surface area contributed by atoms with Crippen LogP contribution in [0.25, 0.3) is 0 Å². The summed E-state index contributed by atoms with van der Waals surface area (Å²) < 4.78 is 0. The number of benzene rings is 1. The zero-order valence-electron chi connectivity index (χ0n) is 9.51. The van der Waals surface area contributed by atoms with Crippen molar-refractivity contribution in [2.75, 3.05) is 6.54 Å². The number of fused-ring (bicyclic) bond motifs is 1. The van der Waals surface area contributed by atoms with Crippen molar-refractivity contribution in [1.82, 2.24) is 5.32 Å². The molecule has 1 N–H and O–H groups in total. The third-order valence-electron chi connectivity index (χ3n) is 4.10. The highest BCUT2D eigenvalue weighted by Gasteiger charge is 2.27. The molecule has 0 amide bonds. The largest absolute Gasteiger partial charge is 0.314 e. The number of nitrogens with one attached hydrogen (secondary N) is 1. The molecule has 0 saturated carbocycles. The van der Waals surface area contributed by atoms with Gasteiger partial charge < -0.3 is 5.32 Å². The molecular weight excluding hydrogens is 218 g/mol. The van der Waals surface area contributed by atoms with Crippen molar-refractivity contribution in [3.8, 4) is 0 Å². The Bertz CT molecular complexity index is 382. The lowest BCUT2D eigenvalue weighted by atomic mass is 9.79. The summed E-state index contributed by atoms with van der Waals surface area (Å²) in [6.45, 7) is 1.22. The van der Waals surface area contributed by atoms with Gasteiger partial charge in [-0.05, 0) is 67.8 Å². The van der Waals surface area contributed by atoms with E-state index in [-0.39, 0.29) is 0 Å². The number of rotatable bonds is 1. The molecule has 0 radical (unpaired) electrons. The predicted octanol–water partition coefficient (Wildman–Crippen LogP) is 3.20. The first-order valence-corrected chi connectivity index (χ1v) is 6.71. The van der Waals surface area contributed by atoms with Gasteiger partial charge in [-0.2, -0.15) is 0 Å². The van der Waals surface area contributed by atoms with Crippen LogP contribution in [-0.4, -0.2) is 12.6 Å². The molecule has 1 aromatic carbocycles. The van der Waals surface area contributed by atoms with Gasteiger partial charge in [0.25, 0.3) is 0 Å². The maximum absolute atomic E-state index is 6.03. The fourth-order valence-electron chi connectivity index (χ4n) is 3.21. The van der Waals surface area contributed by atoms with Crippen LogP contribution >= 0.6 is 11.6 Å². The lowest BCUT2D eigenvalue weighted by Gasteiger charge is -2.29. The number of hydrogen-bond acceptors (Lipinski definition) is 1. The summed E-state index contributed by atoms with van der Waals surface area (Å²) in [5, 5.41) is 4.53. The molecule has 1 aliphatic carbocycles. The Hall–Kier alpha value is -0.530. The maximum Gasteiger partial charge on any atom is 0.0408 e. The van der Waals surface area contributed by atoms with Crippen molar-refractivity contribution < 1.29 is 0 Å². The Kier molecular flexibility index (Phi) is 2.91. The van der Waals surface area contributed by atoms with Crippen molar-refractivity contribution in [3.05, 3.63) is 34.3 Å². The van der Waals surface area contributed by atoms with Crippen LogP contribution in [0.2, 0.25) is 5.02 Å². The zero-order valence-corrected chi connectivity index (χ0v) is 10.3. The summed E-state index contributed by atoms with van der Waals surface area (Å²) in [6, 6.07) is 7.17. The standard InChI is InChI=1S/C14H18ClN/c15-13-6-5-10-8-12(4-3-11(10)9-13)14-2-1-7-16-14/h5-6,9,12,14,16H,1-4,7-8H2. The van der Waals surface area contributed by atoms with E-state index in [4.69, 9.17) is 11.6 Å². The van der Waals surface area contributed by atoms with Gasteiger partial charge in [-0.1, -0.05) is 17.7 Å². The lowest BCUT2D eigenvalue weighted by Crippen LogP contribution is -2.34. The highest BCUT2D eigenvalue weighted by molar-refractivity contribution is 6.30. The second kappa shape index (κ2) is 4.38. The van der Waals surface area contributed by atoms with Crippen LogP contribution in [-0.2, 0) is 12.8 Å². The van der Waals surface area contributed by atoms with Gasteiger partial charge in [0.2, 0.25) is 0 Å². The molecule has 1 aliphatic heterocycles. The monoisotopic (exact) mass is 235 g/mol. The van der Waals surface area contributed by atoms with E-state index in [0.717, 1.165) is 17.0 Å². The molecule has 2 heteroatoms. The van der Waals surface area contributed by atoms with Gasteiger partial charge in [-0.3, -0.25) is 0 Å². The molecule has 1 fully saturated rings. The summed E-state index contributed by atoms with van der Waals surface area (Å²) in [7, 11) is 0. The second-order valence-electron chi connectivity index (χ2n) is 5.12. The highest BCUT2D eigenvalue weighted by Crippen LogP contribution is 2.31. The van der Waals surface area contributed by atoms with Gasteiger partial charge >= 0.3 is 0 Å². The Morgan fingerprint density at radius 1 is 1.19 bits per heavy atom. The van der Waals surface area contributed by atoms with E-state index in [9.17, 15) is 0 Å². The lowest BCUT2D eigenvalue weighted by molar-refractivity contribution is 0.349. The summed E-state index contributed by atoms with van der Waals surface area (Å²) in [5.41, 5.74) is 3.00. The molecule has 2 aliphatic rings. The molecule has 0 bridgehead atoms. The molecule has 1 heterocycles. The third kappa shape index (κ3) is 1.99. The summed E-state index contributed by atoms with van der Waals surface area (Å²) in [6.07, 6.45) is 6.50. The topological polar surface area (TPSA) is 12.0 Å². The average molecular weight is 236 g/mol. The van der Waals surface area contributed by atoms with Gasteiger partial charge in [0.05, 0.1) is 0 Å². The normalized spacial score (nSPS) is 29.1. The van der Waals surface area contributed by atoms with Crippen LogP contribution < -0.4 is 5.32 Å². The molecule has 1 nitrogen and oxygen atoms in total. The van der Waals surface area contributed by atoms with E-state index in [0.29, 0.717) is 0 Å². The van der Waals surface area contributed by atoms with Crippen LogP contribution in [0.4, 0.5) is 0 Å². The number of aryl methyl sites for hydroxylation is 1. The second-order valence-corrected chi connectivity index (χ2v) is 5.56. The van der Waals surface area contributed by atoms with E-state index in [1.807, 2.05) is 6.07 Å². The Morgan fingerprint density at radius 3 is 2.94 bits per heavy atom. The Labute approximate surface area is 102 Å². The number of halogens is 1. The Morgan fingerprint density at radius 2 is 2.12 bits per heavy atom. The van der Waals surface area contributed by atoms with Crippen LogP contribution in [0.15, 0.2) is 18.2 Å². The first-order chi connectivity index (χ1) is 7.83. The fraction of sp³-hybridized carbons (Fsp3) is 0.571. The highest BCUT2D eigenvalue weighted by atomic mass is 35.5. The molecule has 1 aromatic rings. The smallest absolute Gasteiger partial charge is 0.0408 e. The average Bonchev–Trinajstić information content (AvgIpc) is 2.82. The van der Waals surface area contributed by atoms with Crippen LogP contribution in [0.3, 0.4) is 0 Å². The van der Waals surface area contributed by atoms with Crippen molar-refractivity contribution in [2.24, 2.45) is 5.92 Å². The quantitative estimate of drug-likeness (QED) is 0.789. The minimum atomic E-state index is 0.767. The van der Waals surface area contributed by atoms with Gasteiger partial charge in [0.1, 0.15) is 0 Å². The minimum absolute atomic E-state index is 0.767. The van der Waals surface area contributed by atoms with Gasteiger partial charge in [-0.15, -0.1) is 0 Å². The van der Waals surface area contributed by atoms with Crippen molar-refractivity contribution in [2.45, 2.75) is 38.1 Å². The zero-order chi connectivity index (χ0) is 11.0. The molecule has 0 aromatic heterocycles. The summed E-state index contributed by atoms with van der Waals surface area (Å²) in [5.74, 6) is 0.844. The summed E-state index contributed by atoms with van der Waals surface area (Å²) in [4.78, 5) is 0. The minimum Gasteiger partial charge on any atom is -0.314 e. The number of hydrogen-bond donors (Lipinski definition) is 1. The van der Waals surface area contributed by atoms with E-state index >= 15 is 0 Å². The van der Waals surface area contributed by atoms with E-state index < -0.39 is 0 Å². The molecular formula is C14H18ClN. The molecule has 16 heavy (non-hydrogen) atoms. The van der Waals surface area contributed by atoms with Crippen LogP contribution in [0.5, 0.6) is 0 Å². The molecule has 2 unspecified atom stereocenters. The van der Waals surface area contributed by atoms with Gasteiger partial charge in [-0.25, -0.2) is 0 Å². The molecule has 2 atom stereocenters. The van der Waals surface area contributed by atoms with Gasteiger partial charge in [0.15, 0.2) is 0 Å². The van der Waals surface area contributed by atoms with Crippen LogP contribution in [0, 0.1) is 5.92 Å². The van der Waals surface area contributed by atoms with Gasteiger partial charge in [0, 0.05) is 11.1 Å². The van der Waals surface area contributed by atoms with Crippen molar-refractivity contribution in [3.63, 3.8) is 0 Å². The van der Waals surface area contributed by atoms with E-state index in [1.54, 1.807) is 0 Å². The predicted molar refractivity (Wildman–Crippen MR) is 68.0 cm³/mol. The maximum atomic E-state index is 6.03.